The zero-order chi connectivity index (χ0) is 18.0. The first-order valence-electron chi connectivity index (χ1n) is 8.52. The van der Waals surface area contributed by atoms with Gasteiger partial charge in [-0.25, -0.2) is 0 Å². The van der Waals surface area contributed by atoms with Gasteiger partial charge in [-0.1, -0.05) is 36.0 Å². The first kappa shape index (κ1) is 17.8. The van der Waals surface area contributed by atoms with Gasteiger partial charge in [-0.15, -0.1) is 0 Å². The van der Waals surface area contributed by atoms with Crippen molar-refractivity contribution in [3.05, 3.63) is 48.0 Å². The molecule has 0 aromatic heterocycles. The van der Waals surface area contributed by atoms with E-state index in [0.717, 1.165) is 12.1 Å². The Kier molecular flexibility index (Phi) is 5.35. The van der Waals surface area contributed by atoms with Crippen LogP contribution in [0.1, 0.15) is 18.9 Å². The Bertz CT molecular complexity index is 776. The van der Waals surface area contributed by atoms with Crippen molar-refractivity contribution in [2.24, 2.45) is 0 Å². The third kappa shape index (κ3) is 3.83. The molecule has 132 valence electrons. The van der Waals surface area contributed by atoms with E-state index >= 15 is 0 Å². The number of carboxylic acid groups (broad SMARTS) is 1. The van der Waals surface area contributed by atoms with Crippen molar-refractivity contribution in [3.63, 3.8) is 0 Å². The fraction of sp³-hybridized carbons (Fsp3) is 0.350. The topological polar surface area (TPSA) is 43.8 Å². The molecule has 0 saturated heterocycles. The van der Waals surface area contributed by atoms with Crippen LogP contribution in [0.3, 0.4) is 0 Å². The second-order valence-corrected chi connectivity index (χ2v) is 7.73. The molecule has 0 fully saturated rings. The molecule has 25 heavy (non-hydrogen) atoms. The van der Waals surface area contributed by atoms with Crippen LogP contribution in [0.4, 0.5) is 11.4 Å². The molecule has 1 aliphatic heterocycles. The fourth-order valence-corrected chi connectivity index (χ4v) is 4.17. The molecule has 0 bridgehead atoms. The van der Waals surface area contributed by atoms with Gasteiger partial charge in [0.25, 0.3) is 0 Å². The van der Waals surface area contributed by atoms with E-state index in [9.17, 15) is 4.79 Å². The summed E-state index contributed by atoms with van der Waals surface area (Å²) >= 11 is 1.77. The molecule has 0 aliphatic carbocycles. The number of aryl methyl sites for hydroxylation is 1. The van der Waals surface area contributed by atoms with E-state index in [4.69, 9.17) is 5.11 Å². The highest BCUT2D eigenvalue weighted by Crippen LogP contribution is 2.49. The number of aliphatic carboxylic acids is 1. The van der Waals surface area contributed by atoms with Gasteiger partial charge < -0.3 is 14.9 Å². The number of rotatable bonds is 6. The van der Waals surface area contributed by atoms with E-state index in [1.54, 1.807) is 11.8 Å². The van der Waals surface area contributed by atoms with E-state index in [1.165, 1.54) is 21.2 Å². The molecule has 1 heterocycles. The molecule has 1 unspecified atom stereocenters. The van der Waals surface area contributed by atoms with Gasteiger partial charge in [0.05, 0.1) is 11.4 Å². The number of nitrogens with zero attached hydrogens (tertiary/aromatic N) is 2. The van der Waals surface area contributed by atoms with Crippen molar-refractivity contribution in [3.8, 4) is 0 Å². The van der Waals surface area contributed by atoms with E-state index in [1.807, 2.05) is 6.07 Å². The molecule has 1 aliphatic rings. The minimum atomic E-state index is -0.755. The molecule has 0 radical (unpaired) electrons. The minimum absolute atomic E-state index is 0.153. The standard InChI is InChI=1S/C20H24N2O2S/c1-14(21(2)3)13-22-16-8-4-5-9-17(16)25-18-10-6-7-15(20(18)22)11-12-19(23)24/h4-10,14H,11-13H2,1-3H3,(H,23,24). The highest BCUT2D eigenvalue weighted by atomic mass is 32.2. The van der Waals surface area contributed by atoms with E-state index in [0.29, 0.717) is 12.5 Å². The van der Waals surface area contributed by atoms with Crippen LogP contribution >= 0.6 is 11.8 Å². The van der Waals surface area contributed by atoms with E-state index in [2.05, 4.69) is 67.2 Å². The maximum atomic E-state index is 11.1. The Morgan fingerprint density at radius 1 is 1.16 bits per heavy atom. The van der Waals surface area contributed by atoms with Crippen LogP contribution < -0.4 is 4.90 Å². The van der Waals surface area contributed by atoms with Gasteiger partial charge in [0.2, 0.25) is 0 Å². The lowest BCUT2D eigenvalue weighted by Gasteiger charge is -2.37. The summed E-state index contributed by atoms with van der Waals surface area (Å²) in [5, 5.41) is 9.10. The molecule has 4 nitrogen and oxygen atoms in total. The summed E-state index contributed by atoms with van der Waals surface area (Å²) in [5.74, 6) is -0.755. The van der Waals surface area contributed by atoms with Crippen LogP contribution in [0, 0.1) is 0 Å². The highest BCUT2D eigenvalue weighted by Gasteiger charge is 2.27. The van der Waals surface area contributed by atoms with Crippen molar-refractivity contribution in [1.82, 2.24) is 4.90 Å². The molecule has 0 saturated carbocycles. The number of likely N-dealkylation sites (N-methyl/N-ethyl adjacent to an activating group) is 1. The average Bonchev–Trinajstić information content (AvgIpc) is 2.59. The first-order valence-corrected chi connectivity index (χ1v) is 9.33. The fourth-order valence-electron chi connectivity index (χ4n) is 3.02. The maximum absolute atomic E-state index is 11.1. The molecule has 2 aromatic rings. The van der Waals surface area contributed by atoms with Gasteiger partial charge >= 0.3 is 5.97 Å². The lowest BCUT2D eigenvalue weighted by Crippen LogP contribution is -2.37. The Morgan fingerprint density at radius 2 is 1.88 bits per heavy atom. The van der Waals surface area contributed by atoms with Gasteiger partial charge in [0.15, 0.2) is 0 Å². The summed E-state index contributed by atoms with van der Waals surface area (Å²) in [7, 11) is 4.18. The van der Waals surface area contributed by atoms with Crippen molar-refractivity contribution >= 4 is 29.1 Å². The lowest BCUT2D eigenvalue weighted by atomic mass is 10.0. The van der Waals surface area contributed by atoms with Crippen molar-refractivity contribution < 1.29 is 9.90 Å². The molecule has 0 spiro atoms. The molecule has 5 heteroatoms. The number of fused-ring (bicyclic) bond motifs is 2. The smallest absolute Gasteiger partial charge is 0.303 e. The Hall–Kier alpha value is -1.98. The number of anilines is 2. The van der Waals surface area contributed by atoms with Crippen molar-refractivity contribution in [2.45, 2.75) is 35.6 Å². The van der Waals surface area contributed by atoms with Gasteiger partial charge in [-0.2, -0.15) is 0 Å². The monoisotopic (exact) mass is 356 g/mol. The van der Waals surface area contributed by atoms with Crippen LogP contribution in [0.2, 0.25) is 0 Å². The van der Waals surface area contributed by atoms with E-state index in [-0.39, 0.29) is 6.42 Å². The molecule has 2 aromatic carbocycles. The van der Waals surface area contributed by atoms with Gasteiger partial charge in [-0.3, -0.25) is 4.79 Å². The second kappa shape index (κ2) is 7.50. The Labute approximate surface area is 153 Å². The zero-order valence-electron chi connectivity index (χ0n) is 14.9. The summed E-state index contributed by atoms with van der Waals surface area (Å²) in [6.45, 7) is 3.07. The van der Waals surface area contributed by atoms with Crippen LogP contribution in [0.25, 0.3) is 0 Å². The number of carboxylic acids is 1. The largest absolute Gasteiger partial charge is 0.481 e. The third-order valence-electron chi connectivity index (χ3n) is 4.66. The van der Waals surface area contributed by atoms with Crippen LogP contribution in [0.5, 0.6) is 0 Å². The van der Waals surface area contributed by atoms with Crippen LogP contribution in [-0.4, -0.2) is 42.7 Å². The first-order chi connectivity index (χ1) is 12.0. The molecule has 0 amide bonds. The summed E-state index contributed by atoms with van der Waals surface area (Å²) < 4.78 is 0. The Balaban J connectivity index is 2.05. The summed E-state index contributed by atoms with van der Waals surface area (Å²) in [6.07, 6.45) is 0.702. The molecule has 3 rings (SSSR count). The molecular weight excluding hydrogens is 332 g/mol. The van der Waals surface area contributed by atoms with Gasteiger partial charge in [0, 0.05) is 28.8 Å². The zero-order valence-corrected chi connectivity index (χ0v) is 15.7. The van der Waals surface area contributed by atoms with Gasteiger partial charge in [0.1, 0.15) is 0 Å². The predicted molar refractivity (Wildman–Crippen MR) is 103 cm³/mol. The van der Waals surface area contributed by atoms with Crippen LogP contribution in [0.15, 0.2) is 52.3 Å². The average molecular weight is 356 g/mol. The Morgan fingerprint density at radius 3 is 2.60 bits per heavy atom. The number of benzene rings is 2. The minimum Gasteiger partial charge on any atom is -0.481 e. The number of hydrogen-bond acceptors (Lipinski definition) is 4. The second-order valence-electron chi connectivity index (χ2n) is 6.65. The molecule has 1 N–H and O–H groups in total. The summed E-state index contributed by atoms with van der Waals surface area (Å²) in [6, 6.07) is 15.0. The predicted octanol–water partition coefficient (Wildman–Crippen LogP) is 4.26. The van der Waals surface area contributed by atoms with Crippen LogP contribution in [-0.2, 0) is 11.2 Å². The molecule has 1 atom stereocenters. The SMILES string of the molecule is CC(CN1c2ccccc2Sc2cccc(CCC(=O)O)c21)N(C)C. The third-order valence-corrected chi connectivity index (χ3v) is 5.78. The van der Waals surface area contributed by atoms with Gasteiger partial charge in [-0.05, 0) is 51.2 Å². The lowest BCUT2D eigenvalue weighted by molar-refractivity contribution is -0.136. The number of carbonyl (C=O) groups is 1. The van der Waals surface area contributed by atoms with Crippen molar-refractivity contribution in [1.29, 1.82) is 0 Å². The van der Waals surface area contributed by atoms with E-state index < -0.39 is 5.97 Å². The normalized spacial score (nSPS) is 14.2. The maximum Gasteiger partial charge on any atom is 0.303 e. The summed E-state index contributed by atoms with van der Waals surface area (Å²) in [4.78, 5) is 18.1. The quantitative estimate of drug-likeness (QED) is 0.838. The summed E-state index contributed by atoms with van der Waals surface area (Å²) in [5.41, 5.74) is 3.48. The van der Waals surface area contributed by atoms with Crippen molar-refractivity contribution in [2.75, 3.05) is 25.5 Å². The highest BCUT2D eigenvalue weighted by molar-refractivity contribution is 7.99. The number of hydrogen-bond donors (Lipinski definition) is 1. The number of para-hydroxylation sites is 2. The molecular formula is C20H24N2O2S.